The quantitative estimate of drug-likeness (QED) is 0.170. The number of aromatic nitrogens is 2. The molecule has 250 valence electrons. The third-order valence-corrected chi connectivity index (χ3v) is 7.93. The Labute approximate surface area is 278 Å². The summed E-state index contributed by atoms with van der Waals surface area (Å²) in [6.07, 6.45) is 18.6. The van der Waals surface area contributed by atoms with Crippen LogP contribution in [0.3, 0.4) is 0 Å². The summed E-state index contributed by atoms with van der Waals surface area (Å²) in [5.74, 6) is -0.168. The second-order valence-electron chi connectivity index (χ2n) is 11.1. The number of hydrogen-bond donors (Lipinski definition) is 2. The molecule has 1 amide bonds. The number of nitrogens with zero attached hydrogens (tertiary/aromatic N) is 2. The number of allylic oxidation sites excluding steroid dienone is 3. The van der Waals surface area contributed by atoms with Crippen molar-refractivity contribution in [3.63, 3.8) is 0 Å². The molecule has 5 nitrogen and oxygen atoms in total. The minimum Gasteiger partial charge on any atom is -0.386 e. The van der Waals surface area contributed by atoms with Crippen LogP contribution in [0.5, 0.6) is 0 Å². The Balaban J connectivity index is 0.00000115. The third kappa shape index (κ3) is 12.6. The van der Waals surface area contributed by atoms with Crippen LogP contribution in [0.1, 0.15) is 137 Å². The van der Waals surface area contributed by atoms with Crippen LogP contribution in [0.25, 0.3) is 23.2 Å². The van der Waals surface area contributed by atoms with Gasteiger partial charge in [0, 0.05) is 18.8 Å². The number of rotatable bonds is 13. The molecule has 3 rings (SSSR count). The van der Waals surface area contributed by atoms with Crippen molar-refractivity contribution in [3.8, 4) is 0 Å². The largest absolute Gasteiger partial charge is 0.386 e. The number of benzene rings is 1. The topological polar surface area (TPSA) is 59.0 Å². The van der Waals surface area contributed by atoms with E-state index in [0.717, 1.165) is 41.4 Å². The third-order valence-electron chi connectivity index (χ3n) is 7.49. The lowest BCUT2D eigenvalue weighted by atomic mass is 9.97. The van der Waals surface area contributed by atoms with E-state index in [4.69, 9.17) is 5.10 Å². The molecule has 1 aliphatic rings. The minimum atomic E-state index is -0.168. The van der Waals surface area contributed by atoms with Crippen molar-refractivity contribution < 1.29 is 4.79 Å². The first-order valence-electron chi connectivity index (χ1n) is 16.8. The van der Waals surface area contributed by atoms with Crippen LogP contribution >= 0.6 is 9.24 Å². The molecule has 1 unspecified atom stereocenters. The van der Waals surface area contributed by atoms with Gasteiger partial charge in [0.15, 0.2) is 0 Å². The highest BCUT2D eigenvalue weighted by Gasteiger charge is 2.40. The number of hydrogen-bond acceptors (Lipinski definition) is 3. The van der Waals surface area contributed by atoms with Crippen LogP contribution in [-0.4, -0.2) is 28.3 Å². The molecule has 1 saturated carbocycles. The second kappa shape index (κ2) is 22.4. The first-order valence-corrected chi connectivity index (χ1v) is 17.3. The second-order valence-corrected chi connectivity index (χ2v) is 11.7. The minimum absolute atomic E-state index is 0.168. The van der Waals surface area contributed by atoms with Crippen LogP contribution in [0.15, 0.2) is 50.2 Å². The Bertz CT molecular complexity index is 1290. The van der Waals surface area contributed by atoms with E-state index in [1.54, 1.807) is 17.9 Å². The van der Waals surface area contributed by atoms with E-state index in [1.165, 1.54) is 48.8 Å². The van der Waals surface area contributed by atoms with E-state index in [-0.39, 0.29) is 5.91 Å². The summed E-state index contributed by atoms with van der Waals surface area (Å²) >= 11 is 0. The molecule has 2 N–H and O–H groups in total. The molecule has 0 spiro atoms. The van der Waals surface area contributed by atoms with Gasteiger partial charge in [0.1, 0.15) is 5.69 Å². The maximum atomic E-state index is 13.0. The van der Waals surface area contributed by atoms with Crippen molar-refractivity contribution in [1.29, 1.82) is 0 Å². The molecule has 1 heterocycles. The monoisotopic (exact) mass is 634 g/mol. The van der Waals surface area contributed by atoms with Crippen molar-refractivity contribution in [2.24, 2.45) is 0 Å². The maximum Gasteiger partial charge on any atom is 0.255 e. The molecule has 1 aromatic heterocycles. The fraction of sp³-hybridized carbons (Fsp3) is 0.487. The van der Waals surface area contributed by atoms with Gasteiger partial charge in [-0.25, -0.2) is 4.68 Å². The Morgan fingerprint density at radius 3 is 2.16 bits per heavy atom. The van der Waals surface area contributed by atoms with Crippen molar-refractivity contribution >= 4 is 38.3 Å². The van der Waals surface area contributed by atoms with Gasteiger partial charge < -0.3 is 10.6 Å². The van der Waals surface area contributed by atoms with Crippen LogP contribution < -0.4 is 10.6 Å². The van der Waals surface area contributed by atoms with E-state index in [1.807, 2.05) is 39.1 Å². The molecule has 1 atom stereocenters. The number of aryl methyl sites for hydroxylation is 3. The number of carbonyl (C=O) groups excluding carboxylic acids is 1. The molecular weight excluding hydrogens is 571 g/mol. The molecule has 6 heteroatoms. The Morgan fingerprint density at radius 2 is 1.71 bits per heavy atom. The van der Waals surface area contributed by atoms with Gasteiger partial charge in [-0.3, -0.25) is 4.79 Å². The lowest BCUT2D eigenvalue weighted by molar-refractivity contribution is 0.0962. The molecule has 0 aliphatic heterocycles. The molecule has 45 heavy (non-hydrogen) atoms. The van der Waals surface area contributed by atoms with Gasteiger partial charge in [-0.1, -0.05) is 91.8 Å². The number of nitrogens with one attached hydrogen (secondary N) is 2. The van der Waals surface area contributed by atoms with E-state index >= 15 is 0 Å². The smallest absolute Gasteiger partial charge is 0.255 e. The Morgan fingerprint density at radius 1 is 1.09 bits per heavy atom. The summed E-state index contributed by atoms with van der Waals surface area (Å²) in [6, 6.07) is 4.44. The molecule has 1 aliphatic carbocycles. The summed E-state index contributed by atoms with van der Waals surface area (Å²) < 4.78 is 1.69. The molecule has 1 aromatic carbocycles. The van der Waals surface area contributed by atoms with Crippen LogP contribution in [0.4, 0.5) is 0 Å². The van der Waals surface area contributed by atoms with E-state index < -0.39 is 0 Å². The van der Waals surface area contributed by atoms with Gasteiger partial charge >= 0.3 is 0 Å². The normalized spacial score (nSPS) is 13.0. The lowest BCUT2D eigenvalue weighted by Gasteiger charge is -2.12. The first kappa shape index (κ1) is 41.8. The summed E-state index contributed by atoms with van der Waals surface area (Å²) in [5.41, 5.74) is 8.40. The van der Waals surface area contributed by atoms with Gasteiger partial charge in [-0.15, -0.1) is 15.8 Å². The van der Waals surface area contributed by atoms with Crippen LogP contribution in [0, 0.1) is 13.8 Å². The average Bonchev–Trinajstić information content (AvgIpc) is 3.68. The van der Waals surface area contributed by atoms with E-state index in [0.29, 0.717) is 16.8 Å². The van der Waals surface area contributed by atoms with Crippen LogP contribution in [-0.2, 0) is 6.42 Å². The average molecular weight is 635 g/mol. The summed E-state index contributed by atoms with van der Waals surface area (Å²) in [5, 5.41) is 11.7. The van der Waals surface area contributed by atoms with Gasteiger partial charge in [0.05, 0.1) is 11.3 Å². The molecular formula is C39H63N4OP. The number of carbonyl (C=O) groups is 1. The zero-order chi connectivity index (χ0) is 34.6. The van der Waals surface area contributed by atoms with Gasteiger partial charge in [0.2, 0.25) is 0 Å². The zero-order valence-electron chi connectivity index (χ0n) is 30.2. The fourth-order valence-electron chi connectivity index (χ4n) is 5.05. The molecule has 0 radical (unpaired) electrons. The highest BCUT2D eigenvalue weighted by atomic mass is 31.0. The highest BCUT2D eigenvalue weighted by Crippen LogP contribution is 2.39. The Kier molecular flexibility index (Phi) is 20.8. The van der Waals surface area contributed by atoms with Gasteiger partial charge in [-0.2, -0.15) is 5.10 Å². The molecule has 0 bridgehead atoms. The van der Waals surface area contributed by atoms with E-state index in [2.05, 4.69) is 99.4 Å². The first-order chi connectivity index (χ1) is 21.6. The Hall–Kier alpha value is -3.17. The maximum absolute atomic E-state index is 13.0. The van der Waals surface area contributed by atoms with E-state index in [9.17, 15) is 4.79 Å². The zero-order valence-corrected chi connectivity index (χ0v) is 31.4. The lowest BCUT2D eigenvalue weighted by Crippen LogP contribution is -2.25. The summed E-state index contributed by atoms with van der Waals surface area (Å²) in [4.78, 5) is 13.0. The molecule has 1 fully saturated rings. The SMILES string of the molecule is C=CCC/C(=C\C)c1nn(C=C)c(/C(P)=C/c2cc(C)c(CC)cc2C)c1C(=O)NC.C=CNC1(CCC)CC1.CC.CCC. The standard InChI is InChI=1S/C26H34N3OP.C8H15N.C3H8.C2H6/c1-8-12-13-19(9-2)24-23(26(30)27-7)25(29(11-4)28-24)22(31)16-21-15-17(5)20(10-3)14-18(21)6;1-3-5-8(6-7-8)9-4-2;1-3-2;1-2/h8-9,11,14-16H,1,4,10,12-13,31H2,2-3,5-7H3,(H,27,30);4,9H,2-3,5-7H2,1H3;3H2,1-2H3;1-2H3/b19-9+,22-16-;;;. The van der Waals surface area contributed by atoms with Gasteiger partial charge in [-0.05, 0) is 105 Å². The predicted octanol–water partition coefficient (Wildman–Crippen LogP) is 10.8. The fourth-order valence-corrected chi connectivity index (χ4v) is 5.50. The molecule has 0 saturated heterocycles. The summed E-state index contributed by atoms with van der Waals surface area (Å²) in [7, 11) is 4.42. The van der Waals surface area contributed by atoms with Gasteiger partial charge in [0.25, 0.3) is 5.91 Å². The van der Waals surface area contributed by atoms with Crippen molar-refractivity contribution in [3.05, 3.63) is 89.4 Å². The predicted molar refractivity (Wildman–Crippen MR) is 205 cm³/mol. The van der Waals surface area contributed by atoms with Crippen molar-refractivity contribution in [1.82, 2.24) is 20.4 Å². The highest BCUT2D eigenvalue weighted by molar-refractivity contribution is 7.32. The van der Waals surface area contributed by atoms with Crippen molar-refractivity contribution in [2.45, 2.75) is 119 Å². The van der Waals surface area contributed by atoms with Crippen molar-refractivity contribution in [2.75, 3.05) is 7.05 Å². The summed E-state index contributed by atoms with van der Waals surface area (Å²) in [6.45, 7) is 30.3. The number of amides is 1. The molecule has 2 aromatic rings. The van der Waals surface area contributed by atoms with Crippen LogP contribution in [0.2, 0.25) is 0 Å².